The van der Waals surface area contributed by atoms with Crippen molar-refractivity contribution in [3.8, 4) is 23.8 Å². The van der Waals surface area contributed by atoms with Gasteiger partial charge in [-0.3, -0.25) is 9.80 Å². The van der Waals surface area contributed by atoms with Crippen LogP contribution >= 0.6 is 0 Å². The minimum Gasteiger partial charge on any atom is -0.489 e. The molecule has 340 valence electrons. The van der Waals surface area contributed by atoms with Gasteiger partial charge in [0.2, 0.25) is 0 Å². The Morgan fingerprint density at radius 2 is 1.90 bits per heavy atom. The summed E-state index contributed by atoms with van der Waals surface area (Å²) in [6.45, 7) is 27.2. The first kappa shape index (κ1) is 53.0. The van der Waals surface area contributed by atoms with Crippen LogP contribution in [0.1, 0.15) is 137 Å². The molecule has 0 amide bonds. The van der Waals surface area contributed by atoms with Gasteiger partial charge in [0.15, 0.2) is 23.2 Å². The number of nitrogens with one attached hydrogen (secondary N) is 1. The molecule has 2 aliphatic heterocycles. The summed E-state index contributed by atoms with van der Waals surface area (Å²) in [6.07, 6.45) is 27.2. The summed E-state index contributed by atoms with van der Waals surface area (Å²) in [4.78, 5) is 23.2. The van der Waals surface area contributed by atoms with Crippen LogP contribution in [-0.4, -0.2) is 59.7 Å². The first-order valence-electron chi connectivity index (χ1n) is 23.0. The summed E-state index contributed by atoms with van der Waals surface area (Å²) < 4.78 is 26.6. The van der Waals surface area contributed by atoms with E-state index in [9.17, 15) is 9.18 Å². The van der Waals surface area contributed by atoms with Gasteiger partial charge in [-0.2, -0.15) is 5.10 Å². The van der Waals surface area contributed by atoms with Gasteiger partial charge in [-0.1, -0.05) is 93.1 Å². The SMILES string of the molecule is C#CC(C)/C=N\N1C=CC(Oc2ccc(NC(=N/C=C/CCC)c3nc4c(cc3C)OCC(C)CN4CCCCC)cc2C)=CC1.CC.CCC(C)CC(F)(/C=C/C(C)=O)CC. The molecular formula is C52H77FN6O3. The molecule has 4 unspecified atom stereocenters. The van der Waals surface area contributed by atoms with Crippen molar-refractivity contribution < 1.29 is 18.7 Å². The number of benzene rings is 1. The van der Waals surface area contributed by atoms with Crippen molar-refractivity contribution in [2.75, 3.05) is 36.5 Å². The van der Waals surface area contributed by atoms with Gasteiger partial charge in [-0.25, -0.2) is 14.4 Å². The number of halogens is 1. The number of alkyl halides is 1. The maximum atomic E-state index is 14.1. The number of carbonyl (C=O) groups is 1. The van der Waals surface area contributed by atoms with Crippen molar-refractivity contribution >= 4 is 29.3 Å². The maximum Gasteiger partial charge on any atom is 0.172 e. The topological polar surface area (TPSA) is 91.7 Å². The Kier molecular flexibility index (Phi) is 24.3. The quantitative estimate of drug-likeness (QED) is 0.0495. The minimum absolute atomic E-state index is 0.0118. The number of rotatable bonds is 19. The third-order valence-corrected chi connectivity index (χ3v) is 10.4. The van der Waals surface area contributed by atoms with E-state index in [0.29, 0.717) is 43.7 Å². The lowest BCUT2D eigenvalue weighted by Gasteiger charge is -2.25. The molecule has 0 saturated heterocycles. The number of fused-ring (bicyclic) bond motifs is 1. The largest absolute Gasteiger partial charge is 0.489 e. The molecule has 2 aromatic rings. The zero-order valence-electron chi connectivity index (χ0n) is 40.1. The summed E-state index contributed by atoms with van der Waals surface area (Å²) in [7, 11) is 0. The number of aliphatic imine (C=N–C) groups is 1. The summed E-state index contributed by atoms with van der Waals surface area (Å²) >= 11 is 0. The molecule has 0 aliphatic carbocycles. The van der Waals surface area contributed by atoms with Crippen LogP contribution < -0.4 is 19.7 Å². The molecule has 62 heavy (non-hydrogen) atoms. The third kappa shape index (κ3) is 18.4. The van der Waals surface area contributed by atoms with Crippen LogP contribution in [0, 0.1) is 43.9 Å². The van der Waals surface area contributed by atoms with E-state index in [1.54, 1.807) is 6.21 Å². The molecule has 4 rings (SSSR count). The van der Waals surface area contributed by atoms with Crippen LogP contribution in [0.4, 0.5) is 15.9 Å². The fourth-order valence-electron chi connectivity index (χ4n) is 6.46. The number of amidine groups is 1. The number of pyridine rings is 1. The minimum atomic E-state index is -1.30. The molecule has 0 radical (unpaired) electrons. The molecule has 1 N–H and O–H groups in total. The molecule has 9 nitrogen and oxygen atoms in total. The predicted octanol–water partition coefficient (Wildman–Crippen LogP) is 13.0. The number of ketones is 1. The number of hydrogen-bond acceptors (Lipinski definition) is 8. The lowest BCUT2D eigenvalue weighted by molar-refractivity contribution is -0.112. The number of aromatic nitrogens is 1. The lowest BCUT2D eigenvalue weighted by atomic mass is 9.89. The highest BCUT2D eigenvalue weighted by molar-refractivity contribution is 6.08. The summed E-state index contributed by atoms with van der Waals surface area (Å²) in [6, 6.07) is 8.19. The van der Waals surface area contributed by atoms with Crippen LogP contribution in [0.5, 0.6) is 11.5 Å². The van der Waals surface area contributed by atoms with Gasteiger partial charge in [0.05, 0.1) is 19.1 Å². The second-order valence-corrected chi connectivity index (χ2v) is 16.2. The Bertz CT molecular complexity index is 1910. The molecule has 2 aliphatic rings. The molecule has 0 fully saturated rings. The Balaban J connectivity index is 0.000000703. The van der Waals surface area contributed by atoms with E-state index in [0.717, 1.165) is 84.4 Å². The van der Waals surface area contributed by atoms with Gasteiger partial charge in [-0.15, -0.1) is 6.42 Å². The number of ether oxygens (including phenoxy) is 2. The molecule has 10 heteroatoms. The molecule has 1 aromatic carbocycles. The van der Waals surface area contributed by atoms with Crippen LogP contribution in [0.3, 0.4) is 0 Å². The first-order valence-corrected chi connectivity index (χ1v) is 23.0. The standard InChI is InChI=1S/C38H50N6O2.C12H21FO.C2H6/c1-8-11-13-19-39-37(36-31(7)24-35-38(42-36)43(20-14-12-9-2)26-29(5)27-45-35)41-32-15-16-34(30(6)23-32)46-33-17-21-44(22-18-33)40-25-28(4)10-3;1-5-10(3)9-12(13,6-2)8-7-11(4)14;1-2/h3,13,15-19,21,23-25,28-29H,8-9,11-12,14,20,22,26-27H2,1-2,4-7H3,(H,39,41);7-8,10H,5-6,9H2,1-4H3;1-2H3/b19-13+,40-25-;8-7+;. The smallest absolute Gasteiger partial charge is 0.172 e. The van der Waals surface area contributed by atoms with Crippen LogP contribution in [0.2, 0.25) is 0 Å². The van der Waals surface area contributed by atoms with Gasteiger partial charge in [-0.05, 0) is 119 Å². The summed E-state index contributed by atoms with van der Waals surface area (Å²) in [5.74, 6) is 7.33. The Hall–Kier alpha value is -5.17. The summed E-state index contributed by atoms with van der Waals surface area (Å²) in [5.41, 5.74) is 2.43. The van der Waals surface area contributed by atoms with Crippen LogP contribution in [-0.2, 0) is 4.79 Å². The van der Waals surface area contributed by atoms with Crippen molar-refractivity contribution in [1.29, 1.82) is 0 Å². The average Bonchev–Trinajstić information content (AvgIpc) is 3.42. The number of allylic oxidation sites excluding steroid dienone is 4. The van der Waals surface area contributed by atoms with E-state index in [4.69, 9.17) is 25.9 Å². The predicted molar refractivity (Wildman–Crippen MR) is 261 cm³/mol. The molecule has 1 aromatic heterocycles. The summed E-state index contributed by atoms with van der Waals surface area (Å²) in [5, 5.41) is 9.81. The molecule has 0 spiro atoms. The van der Waals surface area contributed by atoms with Gasteiger partial charge in [0.25, 0.3) is 0 Å². The fraction of sp³-hybridized carbons (Fsp3) is 0.538. The molecular weight excluding hydrogens is 776 g/mol. The Labute approximate surface area is 374 Å². The van der Waals surface area contributed by atoms with E-state index in [2.05, 4.69) is 74.1 Å². The normalized spacial score (nSPS) is 17.1. The number of carbonyl (C=O) groups excluding carboxylic acids is 1. The van der Waals surface area contributed by atoms with Crippen molar-refractivity contribution in [3.63, 3.8) is 0 Å². The Morgan fingerprint density at radius 1 is 1.15 bits per heavy atom. The number of unbranched alkanes of at least 4 members (excludes halogenated alkanes) is 3. The van der Waals surface area contributed by atoms with Crippen molar-refractivity contribution in [1.82, 2.24) is 9.99 Å². The van der Waals surface area contributed by atoms with E-state index in [1.165, 1.54) is 31.9 Å². The van der Waals surface area contributed by atoms with Crippen LogP contribution in [0.15, 0.2) is 82.9 Å². The highest BCUT2D eigenvalue weighted by Gasteiger charge is 2.27. The lowest BCUT2D eigenvalue weighted by Crippen LogP contribution is -2.30. The van der Waals surface area contributed by atoms with E-state index in [-0.39, 0.29) is 11.7 Å². The second kappa shape index (κ2) is 28.4. The van der Waals surface area contributed by atoms with E-state index < -0.39 is 5.67 Å². The van der Waals surface area contributed by atoms with Gasteiger partial charge in [0.1, 0.15) is 22.9 Å². The number of aryl methyl sites for hydroxylation is 2. The van der Waals surface area contributed by atoms with E-state index >= 15 is 0 Å². The monoisotopic (exact) mass is 853 g/mol. The number of terminal acetylenes is 1. The van der Waals surface area contributed by atoms with Gasteiger partial charge in [0, 0.05) is 43.3 Å². The number of hydrogen-bond donors (Lipinski definition) is 1. The van der Waals surface area contributed by atoms with Crippen LogP contribution in [0.25, 0.3) is 0 Å². The van der Waals surface area contributed by atoms with E-state index in [1.807, 2.05) is 83.2 Å². The molecule has 3 heterocycles. The van der Waals surface area contributed by atoms with Gasteiger partial charge >= 0.3 is 0 Å². The zero-order valence-corrected chi connectivity index (χ0v) is 40.1. The first-order chi connectivity index (χ1) is 29.7. The molecule has 0 saturated carbocycles. The number of nitrogens with zero attached hydrogens (tertiary/aromatic N) is 5. The zero-order chi connectivity index (χ0) is 46.1. The fourth-order valence-corrected chi connectivity index (χ4v) is 6.46. The number of hydrazone groups is 1. The van der Waals surface area contributed by atoms with Crippen molar-refractivity contribution in [3.05, 3.63) is 89.6 Å². The molecule has 4 atom stereocenters. The van der Waals surface area contributed by atoms with Gasteiger partial charge < -0.3 is 19.7 Å². The van der Waals surface area contributed by atoms with Crippen molar-refractivity contribution in [2.24, 2.45) is 27.8 Å². The number of anilines is 2. The third-order valence-electron chi connectivity index (χ3n) is 10.4. The highest BCUT2D eigenvalue weighted by atomic mass is 19.1. The molecule has 0 bridgehead atoms. The Morgan fingerprint density at radius 3 is 2.52 bits per heavy atom. The van der Waals surface area contributed by atoms with Crippen molar-refractivity contribution in [2.45, 2.75) is 140 Å². The highest BCUT2D eigenvalue weighted by Crippen LogP contribution is 2.34. The second-order valence-electron chi connectivity index (χ2n) is 16.2. The average molecular weight is 853 g/mol. The maximum absolute atomic E-state index is 14.1.